The van der Waals surface area contributed by atoms with Crippen LogP contribution in [0.1, 0.15) is 24.8 Å². The molecule has 0 bridgehead atoms. The third kappa shape index (κ3) is 4.50. The standard InChI is InChI=1S/C19H30N2OS/c1-22-13-12-20-10-3-8-19(15-20)9-11-21(16-19)14-17-4-6-18(23-2)7-5-17/h4-7H,3,8-16H2,1-2H3/t19-/m0/s1. The van der Waals surface area contributed by atoms with Gasteiger partial charge in [0, 0.05) is 38.2 Å². The van der Waals surface area contributed by atoms with Gasteiger partial charge in [0.05, 0.1) is 6.61 Å². The van der Waals surface area contributed by atoms with Crippen molar-refractivity contribution in [2.75, 3.05) is 52.7 Å². The molecule has 0 aromatic heterocycles. The Kier molecular flexibility index (Phi) is 6.02. The largest absolute Gasteiger partial charge is 0.383 e. The molecule has 23 heavy (non-hydrogen) atoms. The number of hydrogen-bond donors (Lipinski definition) is 0. The molecule has 1 spiro atoms. The number of hydrogen-bond acceptors (Lipinski definition) is 4. The molecular weight excluding hydrogens is 304 g/mol. The summed E-state index contributed by atoms with van der Waals surface area (Å²) in [5.41, 5.74) is 1.98. The first-order valence-electron chi connectivity index (χ1n) is 8.80. The monoisotopic (exact) mass is 334 g/mol. The minimum absolute atomic E-state index is 0.533. The Morgan fingerprint density at radius 3 is 2.61 bits per heavy atom. The number of likely N-dealkylation sites (tertiary alicyclic amines) is 2. The molecule has 4 heteroatoms. The lowest BCUT2D eigenvalue weighted by Gasteiger charge is -2.40. The number of nitrogens with zero attached hydrogens (tertiary/aromatic N) is 2. The van der Waals surface area contributed by atoms with Crippen molar-refractivity contribution < 1.29 is 4.74 Å². The smallest absolute Gasteiger partial charge is 0.0589 e. The molecule has 0 N–H and O–H groups in total. The molecule has 2 saturated heterocycles. The van der Waals surface area contributed by atoms with E-state index in [0.29, 0.717) is 5.41 Å². The topological polar surface area (TPSA) is 15.7 Å². The molecule has 1 aromatic rings. The molecule has 0 unspecified atom stereocenters. The molecule has 0 saturated carbocycles. The summed E-state index contributed by atoms with van der Waals surface area (Å²) >= 11 is 1.82. The molecule has 2 fully saturated rings. The van der Waals surface area contributed by atoms with E-state index in [0.717, 1.165) is 19.7 Å². The first-order valence-corrected chi connectivity index (χ1v) is 10.0. The second kappa shape index (κ2) is 8.02. The molecule has 2 heterocycles. The zero-order valence-corrected chi connectivity index (χ0v) is 15.4. The Morgan fingerprint density at radius 2 is 1.87 bits per heavy atom. The first kappa shape index (κ1) is 17.3. The maximum absolute atomic E-state index is 5.26. The number of methoxy groups -OCH3 is 1. The fourth-order valence-electron chi connectivity index (χ4n) is 4.21. The molecular formula is C19H30N2OS. The van der Waals surface area contributed by atoms with Gasteiger partial charge in [-0.05, 0) is 61.7 Å². The summed E-state index contributed by atoms with van der Waals surface area (Å²) in [5.74, 6) is 0. The van der Waals surface area contributed by atoms with Crippen molar-refractivity contribution in [2.24, 2.45) is 5.41 Å². The number of rotatable bonds is 6. The summed E-state index contributed by atoms with van der Waals surface area (Å²) in [7, 11) is 1.80. The minimum atomic E-state index is 0.533. The summed E-state index contributed by atoms with van der Waals surface area (Å²) in [6.45, 7) is 8.09. The van der Waals surface area contributed by atoms with Gasteiger partial charge in [0.15, 0.2) is 0 Å². The van der Waals surface area contributed by atoms with Gasteiger partial charge >= 0.3 is 0 Å². The van der Waals surface area contributed by atoms with Crippen molar-refractivity contribution >= 4 is 11.8 Å². The fourth-order valence-corrected chi connectivity index (χ4v) is 4.61. The highest BCUT2D eigenvalue weighted by Gasteiger charge is 2.40. The van der Waals surface area contributed by atoms with E-state index in [9.17, 15) is 0 Å². The average Bonchev–Trinajstić information content (AvgIpc) is 2.95. The highest BCUT2D eigenvalue weighted by molar-refractivity contribution is 7.98. The van der Waals surface area contributed by atoms with E-state index in [2.05, 4.69) is 40.3 Å². The summed E-state index contributed by atoms with van der Waals surface area (Å²) in [6.07, 6.45) is 6.25. The van der Waals surface area contributed by atoms with Crippen molar-refractivity contribution in [2.45, 2.75) is 30.7 Å². The van der Waals surface area contributed by atoms with Gasteiger partial charge in [-0.3, -0.25) is 4.90 Å². The summed E-state index contributed by atoms with van der Waals surface area (Å²) in [6, 6.07) is 9.09. The predicted octanol–water partition coefficient (Wildman–Crippen LogP) is 3.34. The van der Waals surface area contributed by atoms with Crippen LogP contribution in [0.15, 0.2) is 29.2 Å². The Hall–Kier alpha value is -0.550. The van der Waals surface area contributed by atoms with E-state index in [-0.39, 0.29) is 0 Å². The number of ether oxygens (including phenoxy) is 1. The lowest BCUT2D eigenvalue weighted by atomic mass is 9.79. The van der Waals surface area contributed by atoms with Crippen molar-refractivity contribution in [3.05, 3.63) is 29.8 Å². The van der Waals surface area contributed by atoms with E-state index in [1.54, 1.807) is 7.11 Å². The van der Waals surface area contributed by atoms with Crippen molar-refractivity contribution in [3.8, 4) is 0 Å². The van der Waals surface area contributed by atoms with Gasteiger partial charge in [-0.1, -0.05) is 12.1 Å². The first-order chi connectivity index (χ1) is 11.2. The molecule has 2 aliphatic heterocycles. The summed E-state index contributed by atoms with van der Waals surface area (Å²) in [4.78, 5) is 6.63. The third-order valence-electron chi connectivity index (χ3n) is 5.43. The molecule has 0 aliphatic carbocycles. The van der Waals surface area contributed by atoms with Crippen LogP contribution in [-0.2, 0) is 11.3 Å². The van der Waals surface area contributed by atoms with E-state index < -0.39 is 0 Å². The molecule has 3 rings (SSSR count). The van der Waals surface area contributed by atoms with Crippen LogP contribution in [0, 0.1) is 5.41 Å². The maximum Gasteiger partial charge on any atom is 0.0589 e. The van der Waals surface area contributed by atoms with Gasteiger partial charge in [0.25, 0.3) is 0 Å². The van der Waals surface area contributed by atoms with Crippen LogP contribution in [0.5, 0.6) is 0 Å². The average molecular weight is 335 g/mol. The Bertz CT molecular complexity index is 493. The van der Waals surface area contributed by atoms with Gasteiger partial charge in [-0.2, -0.15) is 0 Å². The highest BCUT2D eigenvalue weighted by atomic mass is 32.2. The molecule has 2 aliphatic rings. The van der Waals surface area contributed by atoms with Crippen LogP contribution >= 0.6 is 11.8 Å². The molecule has 1 atom stereocenters. The Morgan fingerprint density at radius 1 is 1.09 bits per heavy atom. The van der Waals surface area contributed by atoms with Crippen LogP contribution in [0.25, 0.3) is 0 Å². The number of piperidine rings is 1. The van der Waals surface area contributed by atoms with Gasteiger partial charge in [0.2, 0.25) is 0 Å². The predicted molar refractivity (Wildman–Crippen MR) is 98.1 cm³/mol. The van der Waals surface area contributed by atoms with E-state index in [4.69, 9.17) is 4.74 Å². The van der Waals surface area contributed by atoms with Crippen molar-refractivity contribution in [1.29, 1.82) is 0 Å². The quantitative estimate of drug-likeness (QED) is 0.741. The highest BCUT2D eigenvalue weighted by Crippen LogP contribution is 2.39. The molecule has 0 radical (unpaired) electrons. The van der Waals surface area contributed by atoms with Crippen LogP contribution in [-0.4, -0.2) is 62.5 Å². The lowest BCUT2D eigenvalue weighted by Crippen LogP contribution is -2.45. The fraction of sp³-hybridized carbons (Fsp3) is 0.684. The summed E-state index contributed by atoms with van der Waals surface area (Å²) in [5, 5.41) is 0. The second-order valence-corrected chi connectivity index (χ2v) is 8.06. The zero-order chi connectivity index (χ0) is 16.1. The van der Waals surface area contributed by atoms with E-state index >= 15 is 0 Å². The van der Waals surface area contributed by atoms with Gasteiger partial charge in [-0.25, -0.2) is 0 Å². The number of benzene rings is 1. The Balaban J connectivity index is 1.54. The maximum atomic E-state index is 5.26. The second-order valence-electron chi connectivity index (χ2n) is 7.18. The SMILES string of the molecule is COCCN1CCC[C@]2(CCN(Cc3ccc(SC)cc3)C2)C1. The molecule has 0 amide bonds. The number of thioether (sulfide) groups is 1. The normalized spacial score (nSPS) is 26.2. The lowest BCUT2D eigenvalue weighted by molar-refractivity contribution is 0.0673. The van der Waals surface area contributed by atoms with Crippen molar-refractivity contribution in [3.63, 3.8) is 0 Å². The van der Waals surface area contributed by atoms with Crippen LogP contribution < -0.4 is 0 Å². The summed E-state index contributed by atoms with van der Waals surface area (Å²) < 4.78 is 5.26. The van der Waals surface area contributed by atoms with Crippen LogP contribution in [0.4, 0.5) is 0 Å². The van der Waals surface area contributed by atoms with Crippen LogP contribution in [0.3, 0.4) is 0 Å². The van der Waals surface area contributed by atoms with Gasteiger partial charge in [0.1, 0.15) is 0 Å². The molecule has 3 nitrogen and oxygen atoms in total. The third-order valence-corrected chi connectivity index (χ3v) is 6.18. The molecule has 1 aromatic carbocycles. The van der Waals surface area contributed by atoms with E-state index in [1.807, 2.05) is 11.8 Å². The van der Waals surface area contributed by atoms with Crippen molar-refractivity contribution in [1.82, 2.24) is 9.80 Å². The van der Waals surface area contributed by atoms with Gasteiger partial charge < -0.3 is 9.64 Å². The zero-order valence-electron chi connectivity index (χ0n) is 14.6. The minimum Gasteiger partial charge on any atom is -0.383 e. The van der Waals surface area contributed by atoms with Gasteiger partial charge in [-0.15, -0.1) is 11.8 Å². The van der Waals surface area contributed by atoms with E-state index in [1.165, 1.54) is 55.9 Å². The Labute approximate surface area is 145 Å². The van der Waals surface area contributed by atoms with Crippen LogP contribution in [0.2, 0.25) is 0 Å². The molecule has 128 valence electrons.